The van der Waals surface area contributed by atoms with Crippen LogP contribution in [0, 0.1) is 17.0 Å². The molecule has 0 N–H and O–H groups in total. The Balaban J connectivity index is 2.04. The maximum absolute atomic E-state index is 12.4. The van der Waals surface area contributed by atoms with Crippen LogP contribution in [0.25, 0.3) is 0 Å². The molecule has 2 atom stereocenters. The van der Waals surface area contributed by atoms with Gasteiger partial charge >= 0.3 is 0 Å². The molecule has 24 heavy (non-hydrogen) atoms. The van der Waals surface area contributed by atoms with E-state index >= 15 is 0 Å². The minimum atomic E-state index is -3.08. The van der Waals surface area contributed by atoms with Gasteiger partial charge in [-0.2, -0.15) is 0 Å². The van der Waals surface area contributed by atoms with Gasteiger partial charge in [-0.1, -0.05) is 0 Å². The van der Waals surface area contributed by atoms with Crippen LogP contribution in [-0.2, 0) is 14.6 Å². The Bertz CT molecular complexity index is 761. The molecule has 132 valence electrons. The maximum Gasteiger partial charge on any atom is 0.272 e. The maximum atomic E-state index is 12.4. The molecule has 1 heterocycles. The van der Waals surface area contributed by atoms with Gasteiger partial charge < -0.3 is 9.64 Å². The van der Waals surface area contributed by atoms with Crippen molar-refractivity contribution >= 4 is 21.4 Å². The van der Waals surface area contributed by atoms with Crippen molar-refractivity contribution in [3.05, 3.63) is 33.9 Å². The van der Waals surface area contributed by atoms with Gasteiger partial charge in [0, 0.05) is 24.7 Å². The number of hydrogen-bond donors (Lipinski definition) is 0. The number of hydrogen-bond acceptors (Lipinski definition) is 6. The van der Waals surface area contributed by atoms with E-state index in [9.17, 15) is 23.3 Å². The van der Waals surface area contributed by atoms with E-state index in [4.69, 9.17) is 4.74 Å². The van der Waals surface area contributed by atoms with Crippen LogP contribution in [0.1, 0.15) is 18.9 Å². The molecule has 0 spiro atoms. The molecule has 1 aromatic carbocycles. The molecular weight excluding hydrogens is 336 g/mol. The highest BCUT2D eigenvalue weighted by molar-refractivity contribution is 7.91. The first-order valence-electron chi connectivity index (χ1n) is 7.49. The Morgan fingerprint density at radius 2 is 2.12 bits per heavy atom. The largest absolute Gasteiger partial charge is 0.481 e. The fourth-order valence-electron chi connectivity index (χ4n) is 2.71. The second-order valence-corrected chi connectivity index (χ2v) is 8.20. The molecule has 1 aliphatic rings. The topological polar surface area (TPSA) is 107 Å². The van der Waals surface area contributed by atoms with Gasteiger partial charge in [0.1, 0.15) is 5.75 Å². The Morgan fingerprint density at radius 1 is 1.46 bits per heavy atom. The minimum Gasteiger partial charge on any atom is -0.481 e. The third-order valence-corrected chi connectivity index (χ3v) is 5.88. The zero-order valence-electron chi connectivity index (χ0n) is 13.8. The summed E-state index contributed by atoms with van der Waals surface area (Å²) in [6, 6.07) is 3.93. The zero-order chi connectivity index (χ0) is 18.1. The average Bonchev–Trinajstić information content (AvgIpc) is 2.85. The number of nitrogens with zero attached hydrogens (tertiary/aromatic N) is 2. The van der Waals surface area contributed by atoms with Crippen LogP contribution in [0.5, 0.6) is 5.75 Å². The van der Waals surface area contributed by atoms with Crippen LogP contribution in [0.15, 0.2) is 18.2 Å². The van der Waals surface area contributed by atoms with Gasteiger partial charge in [0.2, 0.25) is 0 Å². The highest BCUT2D eigenvalue weighted by Gasteiger charge is 2.34. The minimum absolute atomic E-state index is 0.0189. The van der Waals surface area contributed by atoms with Gasteiger partial charge in [-0.05, 0) is 32.4 Å². The van der Waals surface area contributed by atoms with E-state index in [0.717, 1.165) is 0 Å². The van der Waals surface area contributed by atoms with Crippen molar-refractivity contribution in [1.82, 2.24) is 4.90 Å². The standard InChI is InChI=1S/C15H20N2O6S/c1-10-8-13(4-5-14(10)17(19)20)23-11(2)15(18)16(3)12-6-7-24(21,22)9-12/h4-5,8,11-12H,6-7,9H2,1-3H3/t11-,12+/m0/s1. The first kappa shape index (κ1) is 18.2. The summed E-state index contributed by atoms with van der Waals surface area (Å²) in [7, 11) is -1.51. The van der Waals surface area contributed by atoms with E-state index in [0.29, 0.717) is 17.7 Å². The van der Waals surface area contributed by atoms with E-state index in [2.05, 4.69) is 0 Å². The molecule has 0 aromatic heterocycles. The lowest BCUT2D eigenvalue weighted by Gasteiger charge is -2.26. The van der Waals surface area contributed by atoms with Crippen molar-refractivity contribution in [2.75, 3.05) is 18.6 Å². The molecule has 0 unspecified atom stereocenters. The number of carbonyl (C=O) groups is 1. The number of nitro benzene ring substituents is 1. The smallest absolute Gasteiger partial charge is 0.272 e. The normalized spacial score (nSPS) is 20.4. The first-order valence-corrected chi connectivity index (χ1v) is 9.31. The number of nitro groups is 1. The van der Waals surface area contributed by atoms with Gasteiger partial charge in [-0.3, -0.25) is 14.9 Å². The van der Waals surface area contributed by atoms with Crippen LogP contribution in [0.4, 0.5) is 5.69 Å². The lowest BCUT2D eigenvalue weighted by molar-refractivity contribution is -0.385. The van der Waals surface area contributed by atoms with Crippen LogP contribution in [0.3, 0.4) is 0 Å². The Morgan fingerprint density at radius 3 is 2.62 bits per heavy atom. The summed E-state index contributed by atoms with van der Waals surface area (Å²) in [4.78, 5) is 24.1. The molecule has 0 aliphatic carbocycles. The van der Waals surface area contributed by atoms with Crippen LogP contribution in [-0.4, -0.2) is 54.8 Å². The number of aryl methyl sites for hydroxylation is 1. The number of amides is 1. The van der Waals surface area contributed by atoms with Gasteiger partial charge in [0.05, 0.1) is 16.4 Å². The average molecular weight is 356 g/mol. The van der Waals surface area contributed by atoms with E-state index in [1.807, 2.05) is 0 Å². The molecule has 9 heteroatoms. The Labute approximate surface area is 140 Å². The van der Waals surface area contributed by atoms with Crippen molar-refractivity contribution in [2.24, 2.45) is 0 Å². The first-order chi connectivity index (χ1) is 11.1. The van der Waals surface area contributed by atoms with Crippen LogP contribution >= 0.6 is 0 Å². The Kier molecular flexibility index (Phi) is 5.12. The summed E-state index contributed by atoms with van der Waals surface area (Å²) in [6.07, 6.45) is -0.396. The molecule has 0 saturated carbocycles. The molecule has 1 saturated heterocycles. The number of carbonyl (C=O) groups excluding carboxylic acids is 1. The quantitative estimate of drug-likeness (QED) is 0.582. The van der Waals surface area contributed by atoms with Crippen molar-refractivity contribution < 1.29 is 22.9 Å². The zero-order valence-corrected chi connectivity index (χ0v) is 14.6. The van der Waals surface area contributed by atoms with E-state index < -0.39 is 20.9 Å². The van der Waals surface area contributed by atoms with E-state index in [1.165, 1.54) is 23.1 Å². The van der Waals surface area contributed by atoms with Crippen LogP contribution < -0.4 is 4.74 Å². The fourth-order valence-corrected chi connectivity index (χ4v) is 4.48. The van der Waals surface area contributed by atoms with E-state index in [-0.39, 0.29) is 29.1 Å². The van der Waals surface area contributed by atoms with Crippen molar-refractivity contribution in [3.63, 3.8) is 0 Å². The fraction of sp³-hybridized carbons (Fsp3) is 0.533. The molecule has 1 aromatic rings. The van der Waals surface area contributed by atoms with Gasteiger partial charge in [-0.25, -0.2) is 8.42 Å². The summed E-state index contributed by atoms with van der Waals surface area (Å²) in [5.41, 5.74) is 0.419. The van der Waals surface area contributed by atoms with Crippen molar-refractivity contribution in [3.8, 4) is 5.75 Å². The molecule has 1 aliphatic heterocycles. The predicted octanol–water partition coefficient (Wildman–Crippen LogP) is 1.32. The number of likely N-dealkylation sites (N-methyl/N-ethyl adjacent to an activating group) is 1. The molecular formula is C15H20N2O6S. The summed E-state index contributed by atoms with van der Waals surface area (Å²) in [5, 5.41) is 10.8. The number of rotatable bonds is 5. The summed E-state index contributed by atoms with van der Waals surface area (Å²) in [5.74, 6) is 0.0875. The number of benzene rings is 1. The predicted molar refractivity (Wildman–Crippen MR) is 87.8 cm³/mol. The van der Waals surface area contributed by atoms with Gasteiger partial charge in [0.25, 0.3) is 11.6 Å². The number of ether oxygens (including phenoxy) is 1. The van der Waals surface area contributed by atoms with Gasteiger partial charge in [0.15, 0.2) is 15.9 Å². The monoisotopic (exact) mass is 356 g/mol. The third-order valence-electron chi connectivity index (χ3n) is 4.13. The SMILES string of the molecule is Cc1cc(O[C@@H](C)C(=O)N(C)[C@@H]2CCS(=O)(=O)C2)ccc1[N+](=O)[O-]. The van der Waals surface area contributed by atoms with Gasteiger partial charge in [-0.15, -0.1) is 0 Å². The summed E-state index contributed by atoms with van der Waals surface area (Å²) < 4.78 is 28.6. The van der Waals surface area contributed by atoms with Crippen molar-refractivity contribution in [2.45, 2.75) is 32.4 Å². The molecule has 1 amide bonds. The molecule has 8 nitrogen and oxygen atoms in total. The van der Waals surface area contributed by atoms with Crippen LogP contribution in [0.2, 0.25) is 0 Å². The second kappa shape index (κ2) is 6.76. The highest BCUT2D eigenvalue weighted by Crippen LogP contribution is 2.24. The van der Waals surface area contributed by atoms with Crippen molar-refractivity contribution in [1.29, 1.82) is 0 Å². The lowest BCUT2D eigenvalue weighted by atomic mass is 10.2. The molecule has 2 rings (SSSR count). The molecule has 1 fully saturated rings. The number of sulfone groups is 1. The Hall–Kier alpha value is -2.16. The highest BCUT2D eigenvalue weighted by atomic mass is 32.2. The summed E-state index contributed by atoms with van der Waals surface area (Å²) in [6.45, 7) is 3.16. The molecule has 0 bridgehead atoms. The summed E-state index contributed by atoms with van der Waals surface area (Å²) >= 11 is 0. The second-order valence-electron chi connectivity index (χ2n) is 5.97. The lowest BCUT2D eigenvalue weighted by Crippen LogP contribution is -2.44. The third kappa shape index (κ3) is 4.02. The van der Waals surface area contributed by atoms with E-state index in [1.54, 1.807) is 20.9 Å². The molecule has 0 radical (unpaired) electrons.